The van der Waals surface area contributed by atoms with Gasteiger partial charge in [0, 0.05) is 31.1 Å². The molecule has 0 saturated carbocycles. The predicted molar refractivity (Wildman–Crippen MR) is 169 cm³/mol. The fourth-order valence-corrected chi connectivity index (χ4v) is 6.26. The molecule has 0 heterocycles. The van der Waals surface area contributed by atoms with Gasteiger partial charge < -0.3 is 15.0 Å². The highest BCUT2D eigenvalue weighted by atomic mass is 35.5. The summed E-state index contributed by atoms with van der Waals surface area (Å²) in [7, 11) is -1.23. The second-order valence-corrected chi connectivity index (χ2v) is 12.2. The van der Waals surface area contributed by atoms with Gasteiger partial charge in [0.2, 0.25) is 11.8 Å². The summed E-state index contributed by atoms with van der Waals surface area (Å²) < 4.78 is 34.6. The fourth-order valence-electron chi connectivity index (χ4n) is 4.66. The molecule has 2 amide bonds. The average Bonchev–Trinajstić information content (AvgIpc) is 3.02. The van der Waals surface area contributed by atoms with Crippen molar-refractivity contribution in [2.24, 2.45) is 0 Å². The molecule has 4 aromatic rings. The highest BCUT2D eigenvalue weighted by molar-refractivity contribution is 7.92. The van der Waals surface area contributed by atoms with Crippen molar-refractivity contribution in [1.82, 2.24) is 10.2 Å². The normalized spacial score (nSPS) is 11.8. The summed E-state index contributed by atoms with van der Waals surface area (Å²) in [6, 6.07) is 28.3. The lowest BCUT2D eigenvalue weighted by molar-refractivity contribution is -0.139. The van der Waals surface area contributed by atoms with Crippen molar-refractivity contribution in [3.63, 3.8) is 0 Å². The van der Waals surface area contributed by atoms with Crippen LogP contribution in [0.4, 0.5) is 5.69 Å². The van der Waals surface area contributed by atoms with Gasteiger partial charge >= 0.3 is 0 Å². The number of carbonyl (C=O) groups excluding carboxylic acids is 2. The van der Waals surface area contributed by atoms with E-state index >= 15 is 0 Å². The van der Waals surface area contributed by atoms with E-state index in [1.54, 1.807) is 60.7 Å². The third kappa shape index (κ3) is 7.74. The number of nitrogens with one attached hydrogen (secondary N) is 1. The minimum Gasteiger partial charge on any atom is -0.497 e. The molecule has 0 aromatic heterocycles. The molecule has 43 heavy (non-hydrogen) atoms. The van der Waals surface area contributed by atoms with Gasteiger partial charge in [-0.3, -0.25) is 13.9 Å². The van der Waals surface area contributed by atoms with Gasteiger partial charge in [-0.1, -0.05) is 83.9 Å². The summed E-state index contributed by atoms with van der Waals surface area (Å²) >= 11 is 6.49. The smallest absolute Gasteiger partial charge is 0.264 e. The fraction of sp³-hybridized carbons (Fsp3) is 0.212. The van der Waals surface area contributed by atoms with Crippen LogP contribution >= 0.6 is 11.6 Å². The lowest BCUT2D eigenvalue weighted by Crippen LogP contribution is -2.53. The molecule has 0 aliphatic carbocycles. The van der Waals surface area contributed by atoms with Crippen molar-refractivity contribution in [1.29, 1.82) is 0 Å². The Hall–Kier alpha value is -4.34. The van der Waals surface area contributed by atoms with Crippen LogP contribution < -0.4 is 14.4 Å². The Morgan fingerprint density at radius 1 is 0.907 bits per heavy atom. The first kappa shape index (κ1) is 31.6. The molecule has 0 spiro atoms. The molecule has 0 bridgehead atoms. The van der Waals surface area contributed by atoms with Crippen LogP contribution in [0.25, 0.3) is 0 Å². The van der Waals surface area contributed by atoms with E-state index in [-0.39, 0.29) is 23.5 Å². The molecule has 224 valence electrons. The van der Waals surface area contributed by atoms with Crippen molar-refractivity contribution in [3.8, 4) is 5.75 Å². The summed E-state index contributed by atoms with van der Waals surface area (Å²) in [6.07, 6.45) is 0.209. The second kappa shape index (κ2) is 14.2. The number of rotatable bonds is 12. The number of nitrogens with zero attached hydrogens (tertiary/aromatic N) is 2. The van der Waals surface area contributed by atoms with Gasteiger partial charge in [-0.05, 0) is 48.4 Å². The molecule has 1 atom stereocenters. The van der Waals surface area contributed by atoms with Crippen LogP contribution in [0.2, 0.25) is 5.02 Å². The zero-order valence-corrected chi connectivity index (χ0v) is 25.8. The van der Waals surface area contributed by atoms with Crippen molar-refractivity contribution in [2.45, 2.75) is 30.8 Å². The number of hydrogen-bond donors (Lipinski definition) is 1. The highest BCUT2D eigenvalue weighted by Gasteiger charge is 2.34. The maximum Gasteiger partial charge on any atom is 0.264 e. The molecule has 8 nitrogen and oxygen atoms in total. The number of aryl methyl sites for hydroxylation is 1. The molecule has 0 unspecified atom stereocenters. The van der Waals surface area contributed by atoms with Crippen LogP contribution in [-0.2, 0) is 32.6 Å². The minimum atomic E-state index is -4.21. The molecule has 0 saturated heterocycles. The van der Waals surface area contributed by atoms with Gasteiger partial charge in [0.15, 0.2) is 0 Å². The SMILES string of the molecule is CNC(=O)[C@H](Cc1ccccc1)N(Cc1ccccc1Cl)C(=O)CN(c1cccc(OC)c1)S(=O)(=O)c1ccc(C)cc1. The van der Waals surface area contributed by atoms with Crippen LogP contribution in [0.15, 0.2) is 108 Å². The topological polar surface area (TPSA) is 96.0 Å². The zero-order valence-electron chi connectivity index (χ0n) is 24.2. The molecule has 1 N–H and O–H groups in total. The molecular formula is C33H34ClN3O5S. The van der Waals surface area contributed by atoms with Crippen molar-refractivity contribution >= 4 is 39.1 Å². The molecule has 4 aromatic carbocycles. The first-order valence-corrected chi connectivity index (χ1v) is 15.5. The largest absolute Gasteiger partial charge is 0.497 e. The summed E-state index contributed by atoms with van der Waals surface area (Å²) in [5.74, 6) is -0.546. The van der Waals surface area contributed by atoms with E-state index < -0.39 is 34.4 Å². The van der Waals surface area contributed by atoms with Crippen LogP contribution in [-0.4, -0.2) is 51.9 Å². The van der Waals surface area contributed by atoms with Crippen molar-refractivity contribution < 1.29 is 22.7 Å². The Morgan fingerprint density at radius 3 is 2.23 bits per heavy atom. The van der Waals surface area contributed by atoms with Crippen LogP contribution in [0.3, 0.4) is 0 Å². The Bertz CT molecular complexity index is 1660. The number of carbonyl (C=O) groups is 2. The lowest BCUT2D eigenvalue weighted by Gasteiger charge is -2.33. The van der Waals surface area contributed by atoms with E-state index in [1.165, 1.54) is 31.2 Å². The second-order valence-electron chi connectivity index (χ2n) is 9.96. The van der Waals surface area contributed by atoms with E-state index in [2.05, 4.69) is 5.32 Å². The Kier molecular flexibility index (Phi) is 10.4. The molecule has 0 aliphatic rings. The van der Waals surface area contributed by atoms with E-state index in [0.717, 1.165) is 15.4 Å². The first-order chi connectivity index (χ1) is 20.6. The van der Waals surface area contributed by atoms with Gasteiger partial charge in [-0.2, -0.15) is 0 Å². The van der Waals surface area contributed by atoms with Crippen LogP contribution in [0, 0.1) is 6.92 Å². The van der Waals surface area contributed by atoms with Gasteiger partial charge in [-0.25, -0.2) is 8.42 Å². The molecule has 0 aliphatic heterocycles. The number of benzene rings is 4. The Balaban J connectivity index is 1.81. The summed E-state index contributed by atoms with van der Waals surface area (Å²) in [5.41, 5.74) is 2.59. The number of methoxy groups -OCH3 is 1. The van der Waals surface area contributed by atoms with Gasteiger partial charge in [0.25, 0.3) is 10.0 Å². The molecule has 0 radical (unpaired) electrons. The van der Waals surface area contributed by atoms with Crippen molar-refractivity contribution in [3.05, 3.63) is 125 Å². The Labute approximate surface area is 257 Å². The third-order valence-electron chi connectivity index (χ3n) is 7.05. The number of likely N-dealkylation sites (N-methyl/N-ethyl adjacent to an activating group) is 1. The minimum absolute atomic E-state index is 0.0139. The third-order valence-corrected chi connectivity index (χ3v) is 9.20. The van der Waals surface area contributed by atoms with E-state index in [9.17, 15) is 18.0 Å². The van der Waals surface area contributed by atoms with E-state index in [1.807, 2.05) is 37.3 Å². The summed E-state index contributed by atoms with van der Waals surface area (Å²) in [4.78, 5) is 29.1. The molecule has 10 heteroatoms. The standard InChI is InChI=1S/C33H34ClN3O5S/c1-24-16-18-29(19-17-24)43(40,41)37(27-13-9-14-28(21-27)42-3)23-32(38)36(22-26-12-7-8-15-30(26)34)31(33(39)35-2)20-25-10-5-4-6-11-25/h4-19,21,31H,20,22-23H2,1-3H3,(H,35,39)/t31-/m0/s1. The van der Waals surface area contributed by atoms with Gasteiger partial charge in [0.05, 0.1) is 17.7 Å². The number of anilines is 1. The van der Waals surface area contributed by atoms with Gasteiger partial charge in [0.1, 0.15) is 18.3 Å². The highest BCUT2D eigenvalue weighted by Crippen LogP contribution is 2.28. The number of sulfonamides is 1. The quantitative estimate of drug-likeness (QED) is 0.234. The van der Waals surface area contributed by atoms with Crippen LogP contribution in [0.5, 0.6) is 5.75 Å². The number of hydrogen-bond acceptors (Lipinski definition) is 5. The average molecular weight is 620 g/mol. The van der Waals surface area contributed by atoms with Crippen LogP contribution in [0.1, 0.15) is 16.7 Å². The first-order valence-electron chi connectivity index (χ1n) is 13.7. The number of halogens is 1. The molecule has 0 fully saturated rings. The summed E-state index contributed by atoms with van der Waals surface area (Å²) in [6.45, 7) is 1.27. The maximum absolute atomic E-state index is 14.3. The molecular weight excluding hydrogens is 586 g/mol. The monoisotopic (exact) mass is 619 g/mol. The van der Waals surface area contributed by atoms with E-state index in [0.29, 0.717) is 16.3 Å². The lowest BCUT2D eigenvalue weighted by atomic mass is 10.0. The molecule has 4 rings (SSSR count). The number of ether oxygens (including phenoxy) is 1. The van der Waals surface area contributed by atoms with E-state index in [4.69, 9.17) is 16.3 Å². The van der Waals surface area contributed by atoms with Gasteiger partial charge in [-0.15, -0.1) is 0 Å². The maximum atomic E-state index is 14.3. The summed E-state index contributed by atoms with van der Waals surface area (Å²) in [5, 5.41) is 3.09. The van der Waals surface area contributed by atoms with Crippen molar-refractivity contribution in [2.75, 3.05) is 25.0 Å². The predicted octanol–water partition coefficient (Wildman–Crippen LogP) is 5.24. The zero-order chi connectivity index (χ0) is 31.0. The number of amides is 2. The Morgan fingerprint density at radius 2 is 1.58 bits per heavy atom.